The molecule has 2 saturated carbocycles. The average Bonchev–Trinajstić information content (AvgIpc) is 3.54. The third-order valence-corrected chi connectivity index (χ3v) is 8.64. The number of benzene rings is 2. The molecule has 0 saturated heterocycles. The molecule has 2 aromatic heterocycles. The van der Waals surface area contributed by atoms with Crippen LogP contribution in [-0.2, 0) is 16.6 Å². The number of nitrogen functional groups attached to an aromatic ring is 1. The first-order valence-corrected chi connectivity index (χ1v) is 13.4. The number of nitrogens with zero attached hydrogens (tertiary/aromatic N) is 3. The summed E-state index contributed by atoms with van der Waals surface area (Å²) < 4.78 is 40.5. The molecular weight excluding hydrogens is 466 g/mol. The van der Waals surface area contributed by atoms with Gasteiger partial charge in [0, 0.05) is 29.6 Å². The highest BCUT2D eigenvalue weighted by Gasteiger charge is 2.35. The molecule has 35 heavy (non-hydrogen) atoms. The highest BCUT2D eigenvalue weighted by atomic mass is 32.2. The third-order valence-electron chi connectivity index (χ3n) is 6.77. The van der Waals surface area contributed by atoms with Gasteiger partial charge < -0.3 is 19.6 Å². The van der Waals surface area contributed by atoms with Crippen molar-refractivity contribution in [1.82, 2.24) is 14.7 Å². The van der Waals surface area contributed by atoms with Crippen LogP contribution in [-0.4, -0.2) is 28.4 Å². The first-order valence-electron chi connectivity index (χ1n) is 11.9. The average molecular weight is 494 g/mol. The van der Waals surface area contributed by atoms with Crippen molar-refractivity contribution in [2.75, 3.05) is 10.5 Å². The molecule has 2 aliphatic carbocycles. The lowest BCUT2D eigenvalue weighted by Gasteiger charge is -2.30. The summed E-state index contributed by atoms with van der Waals surface area (Å²) in [5, 5.41) is 4.53. The molecule has 2 aliphatic rings. The number of anilines is 2. The van der Waals surface area contributed by atoms with Crippen LogP contribution in [0, 0.1) is 6.92 Å². The molecule has 2 aromatic carbocycles. The van der Waals surface area contributed by atoms with E-state index in [1.54, 1.807) is 19.1 Å². The Morgan fingerprint density at radius 2 is 1.91 bits per heavy atom. The standard InChI is InChI=1S/C25H27N5O4S/c1-15-27-23(28-34-15)14-33-19-9-12-22-21(13-19)24(26)25(30(22)18-3-2-4-18)16-5-7-17(8-6-16)29-35(31,32)20-10-11-20/h5-9,12-13,18,20,29H,2-4,10-11,14,26H2,1H3. The summed E-state index contributed by atoms with van der Waals surface area (Å²) >= 11 is 0. The lowest BCUT2D eigenvalue weighted by atomic mass is 9.92. The number of ether oxygens (including phenoxy) is 1. The van der Waals surface area contributed by atoms with Crippen molar-refractivity contribution in [3.8, 4) is 17.0 Å². The Morgan fingerprint density at radius 3 is 2.54 bits per heavy atom. The van der Waals surface area contributed by atoms with Gasteiger partial charge in [-0.1, -0.05) is 17.3 Å². The summed E-state index contributed by atoms with van der Waals surface area (Å²) in [7, 11) is -3.30. The lowest BCUT2D eigenvalue weighted by molar-refractivity contribution is 0.286. The molecule has 0 spiro atoms. The molecule has 3 N–H and O–H groups in total. The number of fused-ring (bicyclic) bond motifs is 1. The number of rotatable bonds is 8. The molecule has 0 unspecified atom stereocenters. The minimum absolute atomic E-state index is 0.206. The molecule has 0 bridgehead atoms. The van der Waals surface area contributed by atoms with E-state index in [0.29, 0.717) is 34.9 Å². The van der Waals surface area contributed by atoms with Crippen molar-refractivity contribution >= 4 is 32.3 Å². The van der Waals surface area contributed by atoms with Gasteiger partial charge in [0.1, 0.15) is 5.75 Å². The Morgan fingerprint density at radius 1 is 1.14 bits per heavy atom. The smallest absolute Gasteiger partial charge is 0.235 e. The van der Waals surface area contributed by atoms with E-state index < -0.39 is 10.0 Å². The number of nitrogens with one attached hydrogen (secondary N) is 1. The minimum Gasteiger partial charge on any atom is -0.485 e. The minimum atomic E-state index is -3.30. The Labute approximate surface area is 203 Å². The molecule has 182 valence electrons. The van der Waals surface area contributed by atoms with E-state index in [9.17, 15) is 8.42 Å². The molecule has 2 fully saturated rings. The van der Waals surface area contributed by atoms with Gasteiger partial charge in [0.2, 0.25) is 21.7 Å². The van der Waals surface area contributed by atoms with Crippen molar-refractivity contribution in [2.45, 2.75) is 56.9 Å². The molecule has 0 atom stereocenters. The van der Waals surface area contributed by atoms with Gasteiger partial charge in [0.25, 0.3) is 0 Å². The second kappa shape index (κ2) is 8.30. The first kappa shape index (κ1) is 22.0. The summed E-state index contributed by atoms with van der Waals surface area (Å²) in [6.07, 6.45) is 4.85. The largest absolute Gasteiger partial charge is 0.485 e. The molecule has 2 heterocycles. The second-order valence-electron chi connectivity index (χ2n) is 9.34. The highest BCUT2D eigenvalue weighted by molar-refractivity contribution is 7.93. The molecule has 9 nitrogen and oxygen atoms in total. The maximum atomic E-state index is 12.3. The van der Waals surface area contributed by atoms with Crippen LogP contribution in [0.5, 0.6) is 5.75 Å². The van der Waals surface area contributed by atoms with Crippen LogP contribution in [0.3, 0.4) is 0 Å². The second-order valence-corrected chi connectivity index (χ2v) is 11.3. The summed E-state index contributed by atoms with van der Waals surface area (Å²) in [6, 6.07) is 13.8. The van der Waals surface area contributed by atoms with E-state index in [0.717, 1.165) is 47.8 Å². The first-order chi connectivity index (χ1) is 16.9. The van der Waals surface area contributed by atoms with Gasteiger partial charge in [-0.2, -0.15) is 4.98 Å². The van der Waals surface area contributed by atoms with Crippen molar-refractivity contribution in [3.63, 3.8) is 0 Å². The Balaban J connectivity index is 1.34. The monoisotopic (exact) mass is 493 g/mol. The van der Waals surface area contributed by atoms with E-state index in [2.05, 4.69) is 19.4 Å². The summed E-state index contributed by atoms with van der Waals surface area (Å²) in [4.78, 5) is 4.17. The lowest BCUT2D eigenvalue weighted by Crippen LogP contribution is -2.18. The maximum Gasteiger partial charge on any atom is 0.235 e. The Kier molecular flexibility index (Phi) is 5.21. The number of aromatic nitrogens is 3. The van der Waals surface area contributed by atoms with E-state index >= 15 is 0 Å². The van der Waals surface area contributed by atoms with Gasteiger partial charge in [0.05, 0.1) is 22.1 Å². The predicted octanol–water partition coefficient (Wildman–Crippen LogP) is 4.79. The Hall–Kier alpha value is -3.53. The fourth-order valence-electron chi connectivity index (χ4n) is 4.60. The number of aryl methyl sites for hydroxylation is 1. The normalized spacial score (nSPS) is 16.4. The van der Waals surface area contributed by atoms with Crippen LogP contribution in [0.4, 0.5) is 11.4 Å². The van der Waals surface area contributed by atoms with Gasteiger partial charge in [-0.15, -0.1) is 0 Å². The van der Waals surface area contributed by atoms with Crippen LogP contribution in [0.2, 0.25) is 0 Å². The molecule has 6 rings (SSSR count). The quantitative estimate of drug-likeness (QED) is 0.361. The Bertz CT molecular complexity index is 1500. The van der Waals surface area contributed by atoms with Crippen molar-refractivity contribution in [3.05, 3.63) is 54.2 Å². The highest BCUT2D eigenvalue weighted by Crippen LogP contribution is 2.45. The molecule has 0 radical (unpaired) electrons. The summed E-state index contributed by atoms with van der Waals surface area (Å²) in [5.41, 5.74) is 10.9. The molecule has 0 aliphatic heterocycles. The summed E-state index contributed by atoms with van der Waals surface area (Å²) in [6.45, 7) is 1.94. The zero-order valence-corrected chi connectivity index (χ0v) is 20.2. The number of hydrogen-bond acceptors (Lipinski definition) is 7. The molecule has 10 heteroatoms. The van der Waals surface area contributed by atoms with Crippen molar-refractivity contribution in [2.24, 2.45) is 0 Å². The van der Waals surface area contributed by atoms with Crippen LogP contribution >= 0.6 is 0 Å². The van der Waals surface area contributed by atoms with E-state index in [4.69, 9.17) is 15.0 Å². The SMILES string of the molecule is Cc1nc(COc2ccc3c(c2)c(N)c(-c2ccc(NS(=O)(=O)C4CC4)cc2)n3C2CCC2)no1. The van der Waals surface area contributed by atoms with Crippen molar-refractivity contribution < 1.29 is 17.7 Å². The van der Waals surface area contributed by atoms with Gasteiger partial charge in [0.15, 0.2) is 6.61 Å². The number of nitrogens with two attached hydrogens (primary N) is 1. The third kappa shape index (κ3) is 4.12. The number of hydrogen-bond donors (Lipinski definition) is 2. The summed E-state index contributed by atoms with van der Waals surface area (Å²) in [5.74, 6) is 1.66. The van der Waals surface area contributed by atoms with Crippen LogP contribution in [0.25, 0.3) is 22.2 Å². The van der Waals surface area contributed by atoms with Crippen LogP contribution < -0.4 is 15.2 Å². The van der Waals surface area contributed by atoms with Gasteiger partial charge in [-0.05, 0) is 62.4 Å². The van der Waals surface area contributed by atoms with E-state index in [-0.39, 0.29) is 11.9 Å². The molecular formula is C25H27N5O4S. The van der Waals surface area contributed by atoms with Crippen LogP contribution in [0.15, 0.2) is 47.0 Å². The molecule has 0 amide bonds. The van der Waals surface area contributed by atoms with Crippen molar-refractivity contribution in [1.29, 1.82) is 0 Å². The van der Waals surface area contributed by atoms with Gasteiger partial charge in [-0.3, -0.25) is 4.72 Å². The van der Waals surface area contributed by atoms with E-state index in [1.165, 1.54) is 6.42 Å². The zero-order chi connectivity index (χ0) is 24.2. The van der Waals surface area contributed by atoms with Gasteiger partial charge in [-0.25, -0.2) is 8.42 Å². The maximum absolute atomic E-state index is 12.3. The molecule has 4 aromatic rings. The van der Waals surface area contributed by atoms with E-state index in [1.807, 2.05) is 30.3 Å². The van der Waals surface area contributed by atoms with Crippen LogP contribution in [0.1, 0.15) is 49.9 Å². The zero-order valence-electron chi connectivity index (χ0n) is 19.4. The fraction of sp³-hybridized carbons (Fsp3) is 0.360. The fourth-order valence-corrected chi connectivity index (χ4v) is 5.99. The van der Waals surface area contributed by atoms with Gasteiger partial charge >= 0.3 is 0 Å². The predicted molar refractivity (Wildman–Crippen MR) is 134 cm³/mol. The number of sulfonamides is 1. The topological polar surface area (TPSA) is 125 Å².